The predicted molar refractivity (Wildman–Crippen MR) is 88.6 cm³/mol. The van der Waals surface area contributed by atoms with Crippen LogP contribution in [0.4, 0.5) is 5.69 Å². The molecule has 0 saturated heterocycles. The lowest BCUT2D eigenvalue weighted by Gasteiger charge is -2.12. The Labute approximate surface area is 128 Å². The topological polar surface area (TPSA) is 32.3 Å². The maximum Gasteiger partial charge on any atom is 0.135 e. The molecular formula is C16H20ClNOS. The van der Waals surface area contributed by atoms with Crippen molar-refractivity contribution in [2.75, 3.05) is 17.7 Å². The second kappa shape index (κ2) is 5.45. The molecule has 108 valence electrons. The zero-order chi connectivity index (χ0) is 14.3. The van der Waals surface area contributed by atoms with E-state index in [1.54, 1.807) is 11.3 Å². The number of anilines is 1. The molecule has 0 bridgehead atoms. The zero-order valence-electron chi connectivity index (χ0n) is 11.9. The predicted octanol–water partition coefficient (Wildman–Crippen LogP) is 4.94. The largest absolute Gasteiger partial charge is 0.506 e. The number of aromatic hydroxyl groups is 1. The van der Waals surface area contributed by atoms with Crippen molar-refractivity contribution in [3.63, 3.8) is 0 Å². The van der Waals surface area contributed by atoms with Crippen molar-refractivity contribution in [1.29, 1.82) is 0 Å². The molecule has 1 aromatic carbocycles. The quantitative estimate of drug-likeness (QED) is 0.784. The van der Waals surface area contributed by atoms with Gasteiger partial charge in [-0.05, 0) is 28.8 Å². The van der Waals surface area contributed by atoms with Crippen molar-refractivity contribution in [2.24, 2.45) is 5.92 Å². The molecule has 1 aliphatic heterocycles. The molecule has 3 rings (SSSR count). The molecule has 0 saturated carbocycles. The summed E-state index contributed by atoms with van der Waals surface area (Å²) in [6.07, 6.45) is 2.25. The van der Waals surface area contributed by atoms with Crippen molar-refractivity contribution >= 4 is 38.7 Å². The number of rotatable bonds is 4. The number of alkyl halides is 1. The highest BCUT2D eigenvalue weighted by molar-refractivity contribution is 7.17. The fourth-order valence-corrected chi connectivity index (χ4v) is 4.28. The van der Waals surface area contributed by atoms with Crippen molar-refractivity contribution < 1.29 is 5.11 Å². The SMILES string of the molecule is CCC(C)Cc1csc2c(O)cc3c(c12)[C@H](CCl)CN3. The van der Waals surface area contributed by atoms with E-state index in [0.717, 1.165) is 23.4 Å². The van der Waals surface area contributed by atoms with E-state index < -0.39 is 0 Å². The molecule has 0 spiro atoms. The van der Waals surface area contributed by atoms with Crippen LogP contribution >= 0.6 is 22.9 Å². The van der Waals surface area contributed by atoms with Gasteiger partial charge in [-0.2, -0.15) is 0 Å². The molecule has 4 heteroatoms. The monoisotopic (exact) mass is 309 g/mol. The summed E-state index contributed by atoms with van der Waals surface area (Å²) in [6, 6.07) is 1.85. The van der Waals surface area contributed by atoms with Crippen LogP contribution in [0.3, 0.4) is 0 Å². The number of thiophene rings is 1. The number of phenolic OH excluding ortho intramolecular Hbond substituents is 1. The molecule has 0 fully saturated rings. The van der Waals surface area contributed by atoms with Gasteiger partial charge in [0.1, 0.15) is 5.75 Å². The molecular weight excluding hydrogens is 290 g/mol. The lowest BCUT2D eigenvalue weighted by atomic mass is 9.92. The highest BCUT2D eigenvalue weighted by Crippen LogP contribution is 2.46. The van der Waals surface area contributed by atoms with Crippen LogP contribution in [0, 0.1) is 5.92 Å². The summed E-state index contributed by atoms with van der Waals surface area (Å²) in [6.45, 7) is 5.38. The third-order valence-electron chi connectivity index (χ3n) is 4.34. The number of fused-ring (bicyclic) bond motifs is 3. The highest BCUT2D eigenvalue weighted by atomic mass is 35.5. The Morgan fingerprint density at radius 1 is 1.55 bits per heavy atom. The van der Waals surface area contributed by atoms with Crippen molar-refractivity contribution in [3.05, 3.63) is 22.6 Å². The maximum absolute atomic E-state index is 10.2. The minimum Gasteiger partial charge on any atom is -0.506 e. The third-order valence-corrected chi connectivity index (χ3v) is 5.76. The summed E-state index contributed by atoms with van der Waals surface area (Å²) in [4.78, 5) is 0. The average Bonchev–Trinajstić information content (AvgIpc) is 3.02. The summed E-state index contributed by atoms with van der Waals surface area (Å²) in [5, 5.41) is 17.1. The van der Waals surface area contributed by atoms with E-state index in [2.05, 4.69) is 24.5 Å². The van der Waals surface area contributed by atoms with Gasteiger partial charge in [0.2, 0.25) is 0 Å². The number of hydrogen-bond donors (Lipinski definition) is 2. The van der Waals surface area contributed by atoms with Gasteiger partial charge in [-0.15, -0.1) is 22.9 Å². The molecule has 2 heterocycles. The first-order valence-electron chi connectivity index (χ1n) is 7.21. The first-order valence-corrected chi connectivity index (χ1v) is 8.62. The van der Waals surface area contributed by atoms with Crippen LogP contribution in [0.5, 0.6) is 5.75 Å². The fourth-order valence-electron chi connectivity index (χ4n) is 3.00. The van der Waals surface area contributed by atoms with Crippen LogP contribution in [0.25, 0.3) is 10.1 Å². The second-order valence-electron chi connectivity index (χ2n) is 5.77. The second-order valence-corrected chi connectivity index (χ2v) is 6.96. The Kier molecular flexibility index (Phi) is 3.83. The molecule has 1 aliphatic rings. The first kappa shape index (κ1) is 14.0. The van der Waals surface area contributed by atoms with Crippen LogP contribution in [0.2, 0.25) is 0 Å². The van der Waals surface area contributed by atoms with E-state index in [1.165, 1.54) is 22.9 Å². The molecule has 20 heavy (non-hydrogen) atoms. The number of hydrogen-bond acceptors (Lipinski definition) is 3. The van der Waals surface area contributed by atoms with Gasteiger partial charge in [0.05, 0.1) is 4.70 Å². The Morgan fingerprint density at radius 2 is 2.35 bits per heavy atom. The molecule has 1 unspecified atom stereocenters. The molecule has 0 aliphatic carbocycles. The zero-order valence-corrected chi connectivity index (χ0v) is 13.4. The smallest absolute Gasteiger partial charge is 0.135 e. The van der Waals surface area contributed by atoms with Gasteiger partial charge in [0.25, 0.3) is 0 Å². The molecule has 2 atom stereocenters. The summed E-state index contributed by atoms with van der Waals surface area (Å²) in [5.41, 5.74) is 3.74. The van der Waals surface area contributed by atoms with Crippen LogP contribution < -0.4 is 5.32 Å². The normalized spacial score (nSPS) is 19.1. The van der Waals surface area contributed by atoms with E-state index in [0.29, 0.717) is 23.5 Å². The Morgan fingerprint density at radius 3 is 3.05 bits per heavy atom. The van der Waals surface area contributed by atoms with Crippen LogP contribution in [-0.4, -0.2) is 17.5 Å². The number of phenols is 1. The fraction of sp³-hybridized carbons (Fsp3) is 0.500. The minimum atomic E-state index is 0.347. The van der Waals surface area contributed by atoms with Crippen molar-refractivity contribution in [1.82, 2.24) is 0 Å². The lowest BCUT2D eigenvalue weighted by Crippen LogP contribution is -2.03. The average molecular weight is 310 g/mol. The minimum absolute atomic E-state index is 0.347. The van der Waals surface area contributed by atoms with Gasteiger partial charge < -0.3 is 10.4 Å². The van der Waals surface area contributed by atoms with Crippen LogP contribution in [0.15, 0.2) is 11.4 Å². The van der Waals surface area contributed by atoms with Gasteiger partial charge in [0, 0.05) is 35.5 Å². The van der Waals surface area contributed by atoms with Crippen molar-refractivity contribution in [2.45, 2.75) is 32.6 Å². The summed E-state index contributed by atoms with van der Waals surface area (Å²) >= 11 is 7.78. The molecule has 0 amide bonds. The van der Waals surface area contributed by atoms with E-state index in [1.807, 2.05) is 6.07 Å². The standard InChI is InChI=1S/C16H20ClNOS/c1-3-9(2)4-10-8-20-16-13(19)5-12-14(15(10)16)11(6-17)7-18-12/h5,8-9,11,18-19H,3-4,6-7H2,1-2H3/t9?,11-/m1/s1. The van der Waals surface area contributed by atoms with Crippen molar-refractivity contribution in [3.8, 4) is 5.75 Å². The Balaban J connectivity index is 2.19. The van der Waals surface area contributed by atoms with Gasteiger partial charge in [-0.1, -0.05) is 20.3 Å². The number of halogens is 1. The Bertz CT molecular complexity index is 637. The van der Waals surface area contributed by atoms with Gasteiger partial charge in [-0.25, -0.2) is 0 Å². The van der Waals surface area contributed by atoms with Gasteiger partial charge in [-0.3, -0.25) is 0 Å². The Hall–Kier alpha value is -0.930. The highest BCUT2D eigenvalue weighted by Gasteiger charge is 2.27. The molecule has 2 nitrogen and oxygen atoms in total. The van der Waals surface area contributed by atoms with Gasteiger partial charge in [0.15, 0.2) is 0 Å². The van der Waals surface area contributed by atoms with E-state index in [9.17, 15) is 5.11 Å². The molecule has 2 aromatic rings. The van der Waals surface area contributed by atoms with Crippen LogP contribution in [0.1, 0.15) is 37.3 Å². The maximum atomic E-state index is 10.2. The van der Waals surface area contributed by atoms with Crippen LogP contribution in [-0.2, 0) is 6.42 Å². The summed E-state index contributed by atoms with van der Waals surface area (Å²) in [7, 11) is 0. The van der Waals surface area contributed by atoms with E-state index in [-0.39, 0.29) is 0 Å². The first-order chi connectivity index (χ1) is 9.65. The molecule has 1 aromatic heterocycles. The molecule has 0 radical (unpaired) electrons. The van der Waals surface area contributed by atoms with E-state index in [4.69, 9.17) is 11.6 Å². The number of benzene rings is 1. The van der Waals surface area contributed by atoms with E-state index >= 15 is 0 Å². The molecule has 2 N–H and O–H groups in total. The third kappa shape index (κ3) is 2.17. The summed E-state index contributed by atoms with van der Waals surface area (Å²) in [5.74, 6) is 2.02. The lowest BCUT2D eigenvalue weighted by molar-refractivity contribution is 0.482. The number of nitrogens with one attached hydrogen (secondary N) is 1. The van der Waals surface area contributed by atoms with Gasteiger partial charge >= 0.3 is 0 Å². The summed E-state index contributed by atoms with van der Waals surface area (Å²) < 4.78 is 1.01.